The van der Waals surface area contributed by atoms with Gasteiger partial charge in [0.25, 0.3) is 5.56 Å². The molecule has 0 bridgehead atoms. The molecule has 0 aliphatic carbocycles. The van der Waals surface area contributed by atoms with Gasteiger partial charge in [0.1, 0.15) is 11.4 Å². The van der Waals surface area contributed by atoms with Crippen LogP contribution in [0.5, 0.6) is 0 Å². The van der Waals surface area contributed by atoms with Crippen molar-refractivity contribution >= 4 is 33.5 Å². The third-order valence-corrected chi connectivity index (χ3v) is 4.45. The van der Waals surface area contributed by atoms with E-state index in [9.17, 15) is 4.79 Å². The van der Waals surface area contributed by atoms with E-state index in [-0.39, 0.29) is 5.56 Å². The number of fused-ring (bicyclic) bond motifs is 2. The van der Waals surface area contributed by atoms with Gasteiger partial charge in [-0.3, -0.25) is 9.36 Å². The van der Waals surface area contributed by atoms with Crippen LogP contribution >= 0.6 is 11.6 Å². The SMILES string of the molecule is NCCCn1c(-c2ccc3occc3c2)nc2ccc(Cl)cc2c1=O. The van der Waals surface area contributed by atoms with E-state index < -0.39 is 0 Å². The van der Waals surface area contributed by atoms with Crippen LogP contribution in [0.15, 0.2) is 57.9 Å². The first kappa shape index (κ1) is 15.9. The van der Waals surface area contributed by atoms with Crippen molar-refractivity contribution in [3.63, 3.8) is 0 Å². The molecule has 0 spiro atoms. The fourth-order valence-corrected chi connectivity index (χ4v) is 3.15. The minimum Gasteiger partial charge on any atom is -0.464 e. The number of hydrogen-bond acceptors (Lipinski definition) is 4. The standard InChI is InChI=1S/C19H16ClN3O2/c20-14-3-4-16-15(11-14)19(24)23(8-1-7-21)18(22-16)13-2-5-17-12(10-13)6-9-25-17/h2-6,9-11H,1,7-8,21H2. The molecule has 5 nitrogen and oxygen atoms in total. The van der Waals surface area contributed by atoms with Gasteiger partial charge < -0.3 is 10.2 Å². The third kappa shape index (κ3) is 2.81. The Kier molecular flexibility index (Phi) is 4.03. The highest BCUT2D eigenvalue weighted by atomic mass is 35.5. The maximum absolute atomic E-state index is 13.0. The van der Waals surface area contributed by atoms with E-state index in [0.717, 1.165) is 16.5 Å². The molecule has 0 saturated carbocycles. The highest BCUT2D eigenvalue weighted by Gasteiger charge is 2.14. The molecule has 126 valence electrons. The lowest BCUT2D eigenvalue weighted by Gasteiger charge is -2.13. The molecule has 2 aromatic carbocycles. The summed E-state index contributed by atoms with van der Waals surface area (Å²) in [5, 5.41) is 2.00. The van der Waals surface area contributed by atoms with Gasteiger partial charge in [0, 0.05) is 22.5 Å². The molecule has 4 aromatic rings. The van der Waals surface area contributed by atoms with Gasteiger partial charge in [-0.15, -0.1) is 0 Å². The molecule has 0 aliphatic rings. The molecular weight excluding hydrogens is 338 g/mol. The van der Waals surface area contributed by atoms with Crippen LogP contribution in [0.3, 0.4) is 0 Å². The lowest BCUT2D eigenvalue weighted by atomic mass is 10.1. The van der Waals surface area contributed by atoms with Crippen LogP contribution in [-0.4, -0.2) is 16.1 Å². The first-order valence-corrected chi connectivity index (χ1v) is 8.43. The van der Waals surface area contributed by atoms with E-state index >= 15 is 0 Å². The second-order valence-corrected chi connectivity index (χ2v) is 6.31. The van der Waals surface area contributed by atoms with Crippen molar-refractivity contribution in [1.82, 2.24) is 9.55 Å². The van der Waals surface area contributed by atoms with E-state index in [1.54, 1.807) is 29.0 Å². The molecule has 25 heavy (non-hydrogen) atoms. The van der Waals surface area contributed by atoms with Crippen molar-refractivity contribution in [2.45, 2.75) is 13.0 Å². The molecule has 0 radical (unpaired) electrons. The second-order valence-electron chi connectivity index (χ2n) is 5.87. The predicted molar refractivity (Wildman–Crippen MR) is 99.9 cm³/mol. The van der Waals surface area contributed by atoms with Gasteiger partial charge in [-0.2, -0.15) is 0 Å². The summed E-state index contributed by atoms with van der Waals surface area (Å²) in [6, 6.07) is 12.8. The Balaban J connectivity index is 1.99. The molecule has 2 N–H and O–H groups in total. The molecular formula is C19H16ClN3O2. The molecule has 0 aliphatic heterocycles. The number of furan rings is 1. The van der Waals surface area contributed by atoms with Crippen LogP contribution in [0, 0.1) is 0 Å². The molecule has 0 unspecified atom stereocenters. The number of benzene rings is 2. The highest BCUT2D eigenvalue weighted by Crippen LogP contribution is 2.25. The van der Waals surface area contributed by atoms with E-state index in [1.807, 2.05) is 24.3 Å². The number of aromatic nitrogens is 2. The quantitative estimate of drug-likeness (QED) is 0.605. The fraction of sp³-hybridized carbons (Fsp3) is 0.158. The Hall–Kier alpha value is -2.63. The predicted octanol–water partition coefficient (Wildman–Crippen LogP) is 3.81. The fourth-order valence-electron chi connectivity index (χ4n) is 2.98. The number of hydrogen-bond donors (Lipinski definition) is 1. The van der Waals surface area contributed by atoms with Crippen molar-refractivity contribution in [2.24, 2.45) is 5.73 Å². The summed E-state index contributed by atoms with van der Waals surface area (Å²) in [7, 11) is 0. The molecule has 2 aromatic heterocycles. The largest absolute Gasteiger partial charge is 0.464 e. The lowest BCUT2D eigenvalue weighted by molar-refractivity contribution is 0.616. The minimum atomic E-state index is -0.108. The molecule has 0 amide bonds. The molecule has 0 saturated heterocycles. The number of nitrogens with zero attached hydrogens (tertiary/aromatic N) is 2. The average molecular weight is 354 g/mol. The highest BCUT2D eigenvalue weighted by molar-refractivity contribution is 6.31. The van der Waals surface area contributed by atoms with Crippen LogP contribution < -0.4 is 11.3 Å². The van der Waals surface area contributed by atoms with Gasteiger partial charge in [-0.25, -0.2) is 4.98 Å². The average Bonchev–Trinajstić information content (AvgIpc) is 3.09. The lowest BCUT2D eigenvalue weighted by Crippen LogP contribution is -2.24. The molecule has 0 fully saturated rings. The van der Waals surface area contributed by atoms with Crippen molar-refractivity contribution in [3.05, 3.63) is 64.1 Å². The van der Waals surface area contributed by atoms with Crippen LogP contribution in [0.1, 0.15) is 6.42 Å². The smallest absolute Gasteiger partial charge is 0.261 e. The molecule has 6 heteroatoms. The first-order chi connectivity index (χ1) is 12.2. The summed E-state index contributed by atoms with van der Waals surface area (Å²) in [6.45, 7) is 1.00. The summed E-state index contributed by atoms with van der Waals surface area (Å²) >= 11 is 6.05. The van der Waals surface area contributed by atoms with Gasteiger partial charge in [0.15, 0.2) is 0 Å². The summed E-state index contributed by atoms with van der Waals surface area (Å²) in [4.78, 5) is 17.7. The zero-order valence-corrected chi connectivity index (χ0v) is 14.2. The second kappa shape index (κ2) is 6.35. The topological polar surface area (TPSA) is 74.1 Å². The minimum absolute atomic E-state index is 0.108. The molecule has 4 rings (SSSR count). The Morgan fingerprint density at radius 1 is 1.16 bits per heavy atom. The zero-order chi connectivity index (χ0) is 17.4. The summed E-state index contributed by atoms with van der Waals surface area (Å²) in [6.07, 6.45) is 2.33. The number of rotatable bonds is 4. The van der Waals surface area contributed by atoms with Crippen LogP contribution in [-0.2, 0) is 6.54 Å². The zero-order valence-electron chi connectivity index (χ0n) is 13.4. The van der Waals surface area contributed by atoms with Crippen LogP contribution in [0.25, 0.3) is 33.3 Å². The van der Waals surface area contributed by atoms with Gasteiger partial charge in [-0.1, -0.05) is 11.6 Å². The summed E-state index contributed by atoms with van der Waals surface area (Å²) < 4.78 is 7.06. The Morgan fingerprint density at radius 3 is 2.88 bits per heavy atom. The number of nitrogens with two attached hydrogens (primary N) is 1. The van der Waals surface area contributed by atoms with Crippen LogP contribution in [0.4, 0.5) is 0 Å². The van der Waals surface area contributed by atoms with Gasteiger partial charge in [-0.05, 0) is 55.4 Å². The van der Waals surface area contributed by atoms with E-state index in [4.69, 9.17) is 26.7 Å². The molecule has 0 atom stereocenters. The van der Waals surface area contributed by atoms with Crippen LogP contribution in [0.2, 0.25) is 5.02 Å². The maximum atomic E-state index is 13.0. The maximum Gasteiger partial charge on any atom is 0.261 e. The van der Waals surface area contributed by atoms with E-state index in [2.05, 4.69) is 0 Å². The van der Waals surface area contributed by atoms with E-state index in [0.29, 0.717) is 41.3 Å². The van der Waals surface area contributed by atoms with Crippen molar-refractivity contribution in [2.75, 3.05) is 6.54 Å². The Labute approximate surface area is 148 Å². The first-order valence-electron chi connectivity index (χ1n) is 8.05. The van der Waals surface area contributed by atoms with Crippen molar-refractivity contribution < 1.29 is 4.42 Å². The number of halogens is 1. The Morgan fingerprint density at radius 2 is 2.04 bits per heavy atom. The molecule has 2 heterocycles. The van der Waals surface area contributed by atoms with E-state index in [1.165, 1.54) is 0 Å². The monoisotopic (exact) mass is 353 g/mol. The summed E-state index contributed by atoms with van der Waals surface area (Å²) in [5.74, 6) is 0.622. The third-order valence-electron chi connectivity index (χ3n) is 4.21. The van der Waals surface area contributed by atoms with Gasteiger partial charge >= 0.3 is 0 Å². The van der Waals surface area contributed by atoms with Crippen molar-refractivity contribution in [1.29, 1.82) is 0 Å². The van der Waals surface area contributed by atoms with Gasteiger partial charge in [0.2, 0.25) is 0 Å². The normalized spacial score (nSPS) is 11.4. The van der Waals surface area contributed by atoms with Gasteiger partial charge in [0.05, 0.1) is 17.2 Å². The Bertz CT molecular complexity index is 1130. The summed E-state index contributed by atoms with van der Waals surface area (Å²) in [5.41, 5.74) is 7.82. The van der Waals surface area contributed by atoms with Crippen molar-refractivity contribution in [3.8, 4) is 11.4 Å².